The van der Waals surface area contributed by atoms with Crippen molar-refractivity contribution in [2.75, 3.05) is 13.2 Å². The van der Waals surface area contributed by atoms with E-state index >= 15 is 0 Å². The summed E-state index contributed by atoms with van der Waals surface area (Å²) in [5.74, 6) is -3.03. The fourth-order valence-corrected chi connectivity index (χ4v) is 4.89. The van der Waals surface area contributed by atoms with E-state index in [2.05, 4.69) is 4.74 Å². The summed E-state index contributed by atoms with van der Waals surface area (Å²) >= 11 is 0. The Hall–Kier alpha value is -3.58. The van der Waals surface area contributed by atoms with Gasteiger partial charge in [-0.1, -0.05) is 0 Å². The van der Waals surface area contributed by atoms with Crippen LogP contribution in [0.1, 0.15) is 17.2 Å². The monoisotopic (exact) mass is 599 g/mol. The Morgan fingerprint density at radius 3 is 2.17 bits per heavy atom. The van der Waals surface area contributed by atoms with Gasteiger partial charge in [0.15, 0.2) is 35.4 Å². The van der Waals surface area contributed by atoms with Crippen molar-refractivity contribution in [2.45, 2.75) is 61.4 Å². The smallest absolute Gasteiger partial charge is 0.270 e. The van der Waals surface area contributed by atoms with E-state index in [9.17, 15) is 56.2 Å². The van der Waals surface area contributed by atoms with Crippen LogP contribution in [0.3, 0.4) is 0 Å². The van der Waals surface area contributed by atoms with Crippen LogP contribution in [0.5, 0.6) is 34.5 Å². The third-order valence-corrected chi connectivity index (χ3v) is 7.18. The quantitative estimate of drug-likeness (QED) is 0.125. The van der Waals surface area contributed by atoms with E-state index in [0.29, 0.717) is 0 Å². The van der Waals surface area contributed by atoms with Gasteiger partial charge in [-0.3, -0.25) is 0 Å². The van der Waals surface area contributed by atoms with Crippen LogP contribution in [-0.4, -0.2) is 129 Å². The van der Waals surface area contributed by atoms with Crippen LogP contribution in [0.4, 0.5) is 0 Å². The molecular formula is C26H31O16+. The summed E-state index contributed by atoms with van der Waals surface area (Å²) in [7, 11) is 0. The third-order valence-electron chi connectivity index (χ3n) is 7.18. The first-order chi connectivity index (χ1) is 19.9. The lowest BCUT2D eigenvalue weighted by Gasteiger charge is -2.45. The first-order valence-corrected chi connectivity index (χ1v) is 12.7. The second kappa shape index (κ2) is 11.6. The molecule has 0 aromatic heterocycles. The summed E-state index contributed by atoms with van der Waals surface area (Å²) in [5.41, 5.74) is 0.125. The number of phenolic OH excluding ortho intramolecular Hbond substituents is 5. The van der Waals surface area contributed by atoms with Crippen LogP contribution >= 0.6 is 0 Å². The van der Waals surface area contributed by atoms with E-state index in [4.69, 9.17) is 18.9 Å². The normalized spacial score (nSPS) is 34.7. The molecule has 2 aromatic rings. The van der Waals surface area contributed by atoms with E-state index < -0.39 is 97.6 Å². The van der Waals surface area contributed by atoms with Gasteiger partial charge in [-0.2, -0.15) is 0 Å². The minimum absolute atomic E-state index is 0.0539. The number of aliphatic hydroxyl groups is 7. The first kappa shape index (κ1) is 29.9. The molecule has 0 aliphatic carbocycles. The van der Waals surface area contributed by atoms with Gasteiger partial charge in [-0.05, 0) is 12.1 Å². The van der Waals surface area contributed by atoms with Crippen molar-refractivity contribution < 1.29 is 79.9 Å². The van der Waals surface area contributed by atoms with Gasteiger partial charge in [0.05, 0.1) is 24.8 Å². The molecule has 0 saturated carbocycles. The molecule has 0 bridgehead atoms. The molecule has 5 rings (SSSR count). The molecule has 2 saturated heterocycles. The van der Waals surface area contributed by atoms with Gasteiger partial charge in [0.2, 0.25) is 6.29 Å². The molecule has 10 atom stereocenters. The Morgan fingerprint density at radius 2 is 1.50 bits per heavy atom. The van der Waals surface area contributed by atoms with Gasteiger partial charge in [-0.25, -0.2) is 0 Å². The number of fused-ring (bicyclic) bond motifs is 1. The number of aliphatic hydroxyl groups excluding tert-OH is 6. The van der Waals surface area contributed by atoms with Crippen molar-refractivity contribution in [3.05, 3.63) is 41.2 Å². The lowest BCUT2D eigenvalue weighted by Crippen LogP contribution is -2.63. The van der Waals surface area contributed by atoms with E-state index in [-0.39, 0.29) is 28.4 Å². The van der Waals surface area contributed by atoms with Gasteiger partial charge in [0.1, 0.15) is 53.7 Å². The van der Waals surface area contributed by atoms with Crippen molar-refractivity contribution in [1.82, 2.24) is 0 Å². The Kier molecular flexibility index (Phi) is 8.26. The van der Waals surface area contributed by atoms with Crippen molar-refractivity contribution in [1.29, 1.82) is 0 Å². The number of aromatic hydroxyl groups is 6. The minimum atomic E-state index is -1.82. The summed E-state index contributed by atoms with van der Waals surface area (Å²) in [4.78, 5) is 0. The zero-order valence-electron chi connectivity index (χ0n) is 21.6. The van der Waals surface area contributed by atoms with E-state index in [1.54, 1.807) is 0 Å². The second-order valence-corrected chi connectivity index (χ2v) is 10.1. The fraction of sp³-hybridized carbons (Fsp3) is 0.462. The fourth-order valence-electron chi connectivity index (χ4n) is 4.89. The maximum atomic E-state index is 10.9. The highest BCUT2D eigenvalue weighted by Crippen LogP contribution is 2.47. The summed E-state index contributed by atoms with van der Waals surface area (Å²) in [6.07, 6.45) is -14.8. The van der Waals surface area contributed by atoms with E-state index in [1.807, 2.05) is 0 Å². The summed E-state index contributed by atoms with van der Waals surface area (Å²) < 4.78 is 27.0. The number of ether oxygens (including phenoxy) is 5. The Morgan fingerprint density at radius 1 is 0.810 bits per heavy atom. The summed E-state index contributed by atoms with van der Waals surface area (Å²) in [5, 5.41) is 112. The molecule has 1 unspecified atom stereocenters. The molecule has 0 amide bonds. The highest BCUT2D eigenvalue weighted by Gasteiger charge is 2.51. The van der Waals surface area contributed by atoms with Crippen LogP contribution in [0.2, 0.25) is 0 Å². The topological polar surface area (TPSA) is 272 Å². The molecule has 230 valence electrons. The highest BCUT2D eigenvalue weighted by molar-refractivity contribution is 5.69. The van der Waals surface area contributed by atoms with E-state index in [1.165, 1.54) is 12.1 Å². The van der Waals surface area contributed by atoms with Crippen molar-refractivity contribution in [3.63, 3.8) is 0 Å². The van der Waals surface area contributed by atoms with Crippen molar-refractivity contribution >= 4 is 6.08 Å². The predicted octanol–water partition coefficient (Wildman–Crippen LogP) is -2.17. The van der Waals surface area contributed by atoms with Gasteiger partial charge in [0, 0.05) is 12.1 Å². The van der Waals surface area contributed by atoms with Gasteiger partial charge >= 0.3 is 0 Å². The number of rotatable bonds is 6. The molecule has 0 spiro atoms. The minimum Gasteiger partial charge on any atom is -0.571 e. The standard InChI is InChI=1S/C26H30O16/c27-6-17-20(35)21(36)24(42-25-22(37)19(34)14(32)7-38-25)26(41-17)40-16-5-10-11(29)3-9(28)4-15(10)39-23(16)8-1-12(30)18(33)13(31)2-8/h1-5,14,17,19-37H,6-7H2/p+1/t14-,17-,19+,20-,21+,22-,23?,24-,25+,26-/m1/s1. The first-order valence-electron chi connectivity index (χ1n) is 12.7. The predicted molar refractivity (Wildman–Crippen MR) is 135 cm³/mol. The number of hydrogen-bond acceptors (Lipinski definition) is 15. The Balaban J connectivity index is 1.53. The van der Waals surface area contributed by atoms with Crippen LogP contribution in [0, 0.1) is 0 Å². The largest absolute Gasteiger partial charge is 0.571 e. The van der Waals surface area contributed by atoms with Crippen LogP contribution in [0.25, 0.3) is 6.08 Å². The van der Waals surface area contributed by atoms with Crippen molar-refractivity contribution in [3.8, 4) is 34.5 Å². The average Bonchev–Trinajstić information content (AvgIpc) is 2.95. The van der Waals surface area contributed by atoms with E-state index in [0.717, 1.165) is 18.2 Å². The Bertz CT molecular complexity index is 1310. The van der Waals surface area contributed by atoms with Gasteiger partial charge in [-0.15, -0.1) is 0 Å². The number of benzene rings is 2. The molecule has 3 aliphatic heterocycles. The maximum absolute atomic E-state index is 10.9. The lowest BCUT2D eigenvalue weighted by atomic mass is 9.97. The molecule has 3 heterocycles. The molecule has 42 heavy (non-hydrogen) atoms. The summed E-state index contributed by atoms with van der Waals surface area (Å²) in [6, 6.07) is 4.39. The molecule has 0 radical (unpaired) electrons. The van der Waals surface area contributed by atoms with Crippen molar-refractivity contribution in [2.24, 2.45) is 0 Å². The number of hydrogen-bond donors (Lipinski definition) is 11. The van der Waals surface area contributed by atoms with Crippen LogP contribution in [0.15, 0.2) is 30.0 Å². The van der Waals surface area contributed by atoms with Gasteiger partial charge in [0.25, 0.3) is 11.9 Å². The number of phenols is 5. The lowest BCUT2D eigenvalue weighted by molar-refractivity contribution is -0.353. The average molecular weight is 600 g/mol. The molecule has 2 aromatic carbocycles. The molecule has 12 N–H and O–H groups in total. The van der Waals surface area contributed by atoms with Crippen LogP contribution < -0.4 is 0 Å². The molecule has 2 fully saturated rings. The molecular weight excluding hydrogens is 568 g/mol. The third kappa shape index (κ3) is 5.47. The molecule has 3 aliphatic rings. The maximum Gasteiger partial charge on any atom is 0.270 e. The zero-order chi connectivity index (χ0) is 30.5. The zero-order valence-corrected chi connectivity index (χ0v) is 21.6. The summed E-state index contributed by atoms with van der Waals surface area (Å²) in [6.45, 7) is -1.21. The highest BCUT2D eigenvalue weighted by atomic mass is 16.8. The SMILES string of the molecule is OC[C@H]1O[C@@H](OC2=Cc3c(O)cc(O)cc3[OH+]C2c2cc(O)c(O)c(O)c2)[C@H](O[C@@H]2OC[C@@H](O)[C@H](O)[C@H]2O)[C@@H](O)[C@@H]1O. The van der Waals surface area contributed by atoms with Gasteiger partial charge < -0.3 is 79.9 Å². The van der Waals surface area contributed by atoms with Crippen LogP contribution in [-0.2, 0) is 18.9 Å². The Labute approximate surface area is 236 Å². The molecule has 16 heteroatoms. The second-order valence-electron chi connectivity index (χ2n) is 10.1. The molecule has 16 nitrogen and oxygen atoms in total.